The second kappa shape index (κ2) is 13.5. The molecule has 1 nitrogen and oxygen atoms in total. The van der Waals surface area contributed by atoms with Crippen LogP contribution in [0.25, 0.3) is 0 Å². The average molecular weight is 173 g/mol. The van der Waals surface area contributed by atoms with Gasteiger partial charge in [-0.25, -0.2) is 0 Å². The zero-order valence-electron chi connectivity index (χ0n) is 9.40. The highest BCUT2D eigenvalue weighted by atomic mass is 14.5. The molecule has 0 aromatic carbocycles. The van der Waals surface area contributed by atoms with Crippen LogP contribution in [0.3, 0.4) is 0 Å². The predicted molar refractivity (Wildman–Crippen MR) is 58.3 cm³/mol. The molecule has 0 aliphatic carbocycles. The van der Waals surface area contributed by atoms with Crippen molar-refractivity contribution in [2.75, 3.05) is 6.54 Å². The fourth-order valence-electron chi connectivity index (χ4n) is 0.897. The summed E-state index contributed by atoms with van der Waals surface area (Å²) in [6, 6.07) is 0. The van der Waals surface area contributed by atoms with Crippen LogP contribution in [0.2, 0.25) is 0 Å². The van der Waals surface area contributed by atoms with Gasteiger partial charge >= 0.3 is 0 Å². The molecule has 2 N–H and O–H groups in total. The first-order valence-corrected chi connectivity index (χ1v) is 5.46. The molecule has 1 heteroatoms. The Hall–Kier alpha value is -0.0400. The molecule has 1 unspecified atom stereocenters. The van der Waals surface area contributed by atoms with Gasteiger partial charge < -0.3 is 5.73 Å². The molecule has 0 saturated heterocycles. The van der Waals surface area contributed by atoms with Gasteiger partial charge in [-0.2, -0.15) is 0 Å². The van der Waals surface area contributed by atoms with Crippen molar-refractivity contribution >= 4 is 0 Å². The molecule has 0 bridgehead atoms. The van der Waals surface area contributed by atoms with E-state index in [1.54, 1.807) is 0 Å². The third kappa shape index (κ3) is 12.6. The zero-order valence-corrected chi connectivity index (χ0v) is 9.40. The van der Waals surface area contributed by atoms with E-state index < -0.39 is 0 Å². The van der Waals surface area contributed by atoms with Gasteiger partial charge in [0.1, 0.15) is 0 Å². The molecule has 0 heterocycles. The maximum Gasteiger partial charge on any atom is -0.00490 e. The third-order valence-electron chi connectivity index (χ3n) is 2.11. The van der Waals surface area contributed by atoms with Gasteiger partial charge in [0, 0.05) is 0 Å². The molecule has 0 saturated carbocycles. The van der Waals surface area contributed by atoms with E-state index in [9.17, 15) is 0 Å². The second-order valence-electron chi connectivity index (χ2n) is 3.30. The summed E-state index contributed by atoms with van der Waals surface area (Å²) in [5.41, 5.74) is 5.47. The minimum atomic E-state index is 0.778. The van der Waals surface area contributed by atoms with Crippen LogP contribution in [-0.4, -0.2) is 6.54 Å². The number of hydrogen-bond donors (Lipinski definition) is 1. The van der Waals surface area contributed by atoms with Crippen molar-refractivity contribution in [2.24, 2.45) is 11.7 Å². The monoisotopic (exact) mass is 173 g/mol. The highest BCUT2D eigenvalue weighted by Crippen LogP contribution is 2.07. The molecule has 76 valence electrons. The van der Waals surface area contributed by atoms with E-state index in [4.69, 9.17) is 5.73 Å². The first-order chi connectivity index (χ1) is 5.76. The molecule has 0 aromatic rings. The Morgan fingerprint density at radius 2 is 1.42 bits per heavy atom. The van der Waals surface area contributed by atoms with Crippen LogP contribution < -0.4 is 5.73 Å². The van der Waals surface area contributed by atoms with Crippen LogP contribution in [0.4, 0.5) is 0 Å². The summed E-state index contributed by atoms with van der Waals surface area (Å²) in [5, 5.41) is 0. The SMILES string of the molecule is CCCC.CCCC(CC)CN. The van der Waals surface area contributed by atoms with E-state index >= 15 is 0 Å². The number of hydrogen-bond acceptors (Lipinski definition) is 1. The lowest BCUT2D eigenvalue weighted by Crippen LogP contribution is -2.12. The summed E-state index contributed by atoms with van der Waals surface area (Å²) in [7, 11) is 0. The minimum absolute atomic E-state index is 0.778. The van der Waals surface area contributed by atoms with Crippen LogP contribution in [0, 0.1) is 5.92 Å². The van der Waals surface area contributed by atoms with E-state index in [1.807, 2.05) is 0 Å². The molecule has 0 spiro atoms. The van der Waals surface area contributed by atoms with Gasteiger partial charge in [0.15, 0.2) is 0 Å². The van der Waals surface area contributed by atoms with Crippen molar-refractivity contribution < 1.29 is 0 Å². The minimum Gasteiger partial charge on any atom is -0.330 e. The summed E-state index contributed by atoms with van der Waals surface area (Å²) in [6.07, 6.45) is 6.45. The van der Waals surface area contributed by atoms with Crippen molar-refractivity contribution in [1.82, 2.24) is 0 Å². The number of nitrogens with two attached hydrogens (primary N) is 1. The Kier molecular flexibility index (Phi) is 16.3. The van der Waals surface area contributed by atoms with Crippen LogP contribution in [-0.2, 0) is 0 Å². The molecule has 0 aliphatic rings. The molecule has 0 aliphatic heterocycles. The summed E-state index contributed by atoms with van der Waals surface area (Å²) >= 11 is 0. The summed E-state index contributed by atoms with van der Waals surface area (Å²) < 4.78 is 0. The highest BCUT2D eigenvalue weighted by Gasteiger charge is 1.99. The normalized spacial score (nSPS) is 11.8. The van der Waals surface area contributed by atoms with E-state index in [2.05, 4.69) is 27.7 Å². The summed E-state index contributed by atoms with van der Waals surface area (Å²) in [4.78, 5) is 0. The van der Waals surface area contributed by atoms with E-state index in [0.717, 1.165) is 12.5 Å². The van der Waals surface area contributed by atoms with Gasteiger partial charge in [-0.15, -0.1) is 0 Å². The first-order valence-electron chi connectivity index (χ1n) is 5.46. The van der Waals surface area contributed by atoms with Crippen LogP contribution in [0.15, 0.2) is 0 Å². The molecule has 12 heavy (non-hydrogen) atoms. The average Bonchev–Trinajstić information content (AvgIpc) is 2.14. The number of rotatable bonds is 5. The smallest absolute Gasteiger partial charge is 0.00490 e. The quantitative estimate of drug-likeness (QED) is 0.675. The van der Waals surface area contributed by atoms with Crippen molar-refractivity contribution in [3.63, 3.8) is 0 Å². The third-order valence-corrected chi connectivity index (χ3v) is 2.11. The topological polar surface area (TPSA) is 26.0 Å². The fourth-order valence-corrected chi connectivity index (χ4v) is 0.897. The van der Waals surface area contributed by atoms with Crippen molar-refractivity contribution in [1.29, 1.82) is 0 Å². The Balaban J connectivity index is 0. The highest BCUT2D eigenvalue weighted by molar-refractivity contribution is 4.54. The van der Waals surface area contributed by atoms with Crippen molar-refractivity contribution in [3.05, 3.63) is 0 Å². The lowest BCUT2D eigenvalue weighted by Gasteiger charge is -2.08. The zero-order chi connectivity index (χ0) is 9.82. The van der Waals surface area contributed by atoms with Gasteiger partial charge in [0.05, 0.1) is 0 Å². The standard InChI is InChI=1S/C7H17N.C4H10/c1-3-5-7(4-2)6-8;1-3-4-2/h7H,3-6,8H2,1-2H3;3-4H2,1-2H3. The molecule has 0 fully saturated rings. The van der Waals surface area contributed by atoms with E-state index in [0.29, 0.717) is 0 Å². The maximum absolute atomic E-state index is 5.47. The molecule has 0 rings (SSSR count). The first kappa shape index (κ1) is 14.5. The largest absolute Gasteiger partial charge is 0.330 e. The molecule has 0 amide bonds. The Labute approximate surface area is 78.7 Å². The van der Waals surface area contributed by atoms with Gasteiger partial charge in [0.2, 0.25) is 0 Å². The van der Waals surface area contributed by atoms with Gasteiger partial charge in [-0.05, 0) is 18.9 Å². The van der Waals surface area contributed by atoms with Crippen LogP contribution in [0.1, 0.15) is 59.8 Å². The predicted octanol–water partition coefficient (Wildman–Crippen LogP) is 3.58. The second-order valence-corrected chi connectivity index (χ2v) is 3.30. The molecule has 0 radical (unpaired) electrons. The van der Waals surface area contributed by atoms with Crippen LogP contribution in [0.5, 0.6) is 0 Å². The van der Waals surface area contributed by atoms with E-state index in [1.165, 1.54) is 32.1 Å². The van der Waals surface area contributed by atoms with Gasteiger partial charge in [-0.3, -0.25) is 0 Å². The molecular weight excluding hydrogens is 146 g/mol. The lowest BCUT2D eigenvalue weighted by atomic mass is 10.0. The van der Waals surface area contributed by atoms with Gasteiger partial charge in [0.25, 0.3) is 0 Å². The van der Waals surface area contributed by atoms with Crippen molar-refractivity contribution in [3.8, 4) is 0 Å². The van der Waals surface area contributed by atoms with E-state index in [-0.39, 0.29) is 0 Å². The fraction of sp³-hybridized carbons (Fsp3) is 1.00. The number of unbranched alkanes of at least 4 members (excludes halogenated alkanes) is 1. The Bertz CT molecular complexity index is 56.0. The molecule has 1 atom stereocenters. The molecular formula is C11H27N. The van der Waals surface area contributed by atoms with Gasteiger partial charge in [-0.1, -0.05) is 53.4 Å². The Morgan fingerprint density at radius 1 is 0.917 bits per heavy atom. The lowest BCUT2D eigenvalue weighted by molar-refractivity contribution is 0.475. The summed E-state index contributed by atoms with van der Waals surface area (Å²) in [5.74, 6) is 0.778. The van der Waals surface area contributed by atoms with Crippen molar-refractivity contribution in [2.45, 2.75) is 59.8 Å². The maximum atomic E-state index is 5.47. The Morgan fingerprint density at radius 3 is 1.50 bits per heavy atom. The van der Waals surface area contributed by atoms with Crippen LogP contribution >= 0.6 is 0 Å². The summed E-state index contributed by atoms with van der Waals surface area (Å²) in [6.45, 7) is 9.63. The molecule has 0 aromatic heterocycles.